The molecule has 1 aliphatic rings. The smallest absolute Gasteiger partial charge is 0.271 e. The summed E-state index contributed by atoms with van der Waals surface area (Å²) in [5.74, 6) is -1.46. The summed E-state index contributed by atoms with van der Waals surface area (Å²) in [5, 5.41) is 6.21. The van der Waals surface area contributed by atoms with E-state index in [1.807, 2.05) is 34.9 Å². The second kappa shape index (κ2) is 7.86. The third kappa shape index (κ3) is 3.76. The SMILES string of the molecule is CN1C(=O)c2cc3ccccc3n2CC1(C)C(=O)NCC(=O)NCc1cccc(F)c1. The fourth-order valence-corrected chi connectivity index (χ4v) is 3.85. The van der Waals surface area contributed by atoms with Crippen LogP contribution < -0.4 is 10.6 Å². The molecule has 31 heavy (non-hydrogen) atoms. The number of fused-ring (bicyclic) bond motifs is 3. The Morgan fingerprint density at radius 2 is 1.87 bits per heavy atom. The number of likely N-dealkylation sites (N-methyl/N-ethyl adjacent to an activating group) is 1. The van der Waals surface area contributed by atoms with E-state index in [1.54, 1.807) is 26.1 Å². The minimum atomic E-state index is -1.16. The maximum absolute atomic E-state index is 13.2. The number of rotatable bonds is 5. The third-order valence-electron chi connectivity index (χ3n) is 5.82. The average molecular weight is 422 g/mol. The minimum Gasteiger partial charge on any atom is -0.350 e. The highest BCUT2D eigenvalue weighted by Crippen LogP contribution is 2.31. The van der Waals surface area contributed by atoms with Crippen molar-refractivity contribution in [3.63, 3.8) is 0 Å². The van der Waals surface area contributed by atoms with Crippen LogP contribution in [-0.4, -0.2) is 46.3 Å². The Labute approximate surface area is 178 Å². The first-order chi connectivity index (χ1) is 14.8. The van der Waals surface area contributed by atoms with Gasteiger partial charge in [0.05, 0.1) is 13.1 Å². The summed E-state index contributed by atoms with van der Waals surface area (Å²) < 4.78 is 15.1. The molecule has 0 spiro atoms. The Morgan fingerprint density at radius 3 is 2.65 bits per heavy atom. The van der Waals surface area contributed by atoms with Crippen molar-refractivity contribution in [2.75, 3.05) is 13.6 Å². The van der Waals surface area contributed by atoms with Gasteiger partial charge in [0, 0.05) is 24.5 Å². The molecule has 7 nitrogen and oxygen atoms in total. The molecule has 2 aromatic carbocycles. The number of halogens is 1. The monoisotopic (exact) mass is 422 g/mol. The predicted octanol–water partition coefficient (Wildman–Crippen LogP) is 2.06. The number of para-hydroxylation sites is 1. The summed E-state index contributed by atoms with van der Waals surface area (Å²) in [6.45, 7) is 1.86. The van der Waals surface area contributed by atoms with Crippen LogP contribution in [0.25, 0.3) is 10.9 Å². The van der Waals surface area contributed by atoms with Gasteiger partial charge in [0.1, 0.15) is 17.1 Å². The van der Waals surface area contributed by atoms with Gasteiger partial charge in [0.15, 0.2) is 0 Å². The number of nitrogens with one attached hydrogen (secondary N) is 2. The van der Waals surface area contributed by atoms with Crippen molar-refractivity contribution < 1.29 is 18.8 Å². The van der Waals surface area contributed by atoms with Gasteiger partial charge in [-0.2, -0.15) is 0 Å². The molecule has 8 heteroatoms. The molecule has 1 unspecified atom stereocenters. The predicted molar refractivity (Wildman–Crippen MR) is 114 cm³/mol. The van der Waals surface area contributed by atoms with E-state index in [-0.39, 0.29) is 31.4 Å². The van der Waals surface area contributed by atoms with E-state index in [2.05, 4.69) is 10.6 Å². The van der Waals surface area contributed by atoms with Crippen LogP contribution in [0, 0.1) is 5.82 Å². The first-order valence-electron chi connectivity index (χ1n) is 9.95. The number of hydrogen-bond donors (Lipinski definition) is 2. The molecule has 160 valence electrons. The zero-order valence-electron chi connectivity index (χ0n) is 17.3. The van der Waals surface area contributed by atoms with Gasteiger partial charge in [-0.3, -0.25) is 14.4 Å². The molecule has 1 aliphatic heterocycles. The van der Waals surface area contributed by atoms with E-state index in [0.29, 0.717) is 11.3 Å². The second-order valence-electron chi connectivity index (χ2n) is 7.90. The molecule has 2 N–H and O–H groups in total. The highest BCUT2D eigenvalue weighted by molar-refractivity contribution is 6.03. The Bertz CT molecular complexity index is 1190. The number of benzene rings is 2. The lowest BCUT2D eigenvalue weighted by Gasteiger charge is -2.41. The molecular weight excluding hydrogens is 399 g/mol. The Hall–Kier alpha value is -3.68. The van der Waals surface area contributed by atoms with Gasteiger partial charge in [-0.1, -0.05) is 30.3 Å². The van der Waals surface area contributed by atoms with Crippen molar-refractivity contribution >= 4 is 28.6 Å². The van der Waals surface area contributed by atoms with Crippen LogP contribution in [0.2, 0.25) is 0 Å². The first kappa shape index (κ1) is 20.6. The van der Waals surface area contributed by atoms with Crippen LogP contribution in [0.3, 0.4) is 0 Å². The minimum absolute atomic E-state index is 0.154. The lowest BCUT2D eigenvalue weighted by Crippen LogP contribution is -2.63. The molecule has 4 rings (SSSR count). The topological polar surface area (TPSA) is 83.4 Å². The second-order valence-corrected chi connectivity index (χ2v) is 7.90. The number of carbonyl (C=O) groups is 3. The maximum Gasteiger partial charge on any atom is 0.271 e. The first-order valence-corrected chi connectivity index (χ1v) is 9.95. The normalized spacial score (nSPS) is 18.0. The number of amides is 3. The molecule has 1 atom stereocenters. The molecule has 3 amide bonds. The van der Waals surface area contributed by atoms with Crippen LogP contribution in [0.5, 0.6) is 0 Å². The highest BCUT2D eigenvalue weighted by atomic mass is 19.1. The average Bonchev–Trinajstić information content (AvgIpc) is 3.13. The van der Waals surface area contributed by atoms with E-state index < -0.39 is 17.4 Å². The van der Waals surface area contributed by atoms with E-state index in [9.17, 15) is 18.8 Å². The zero-order chi connectivity index (χ0) is 22.2. The molecular formula is C23H23FN4O3. The Morgan fingerprint density at radius 1 is 1.10 bits per heavy atom. The molecule has 0 saturated carbocycles. The number of carbonyl (C=O) groups excluding carboxylic acids is 3. The van der Waals surface area contributed by atoms with Crippen LogP contribution in [-0.2, 0) is 22.7 Å². The van der Waals surface area contributed by atoms with Crippen molar-refractivity contribution in [3.8, 4) is 0 Å². The largest absolute Gasteiger partial charge is 0.350 e. The maximum atomic E-state index is 13.2. The van der Waals surface area contributed by atoms with E-state index in [4.69, 9.17) is 0 Å². The fourth-order valence-electron chi connectivity index (χ4n) is 3.85. The van der Waals surface area contributed by atoms with Crippen LogP contribution in [0.4, 0.5) is 4.39 Å². The van der Waals surface area contributed by atoms with Crippen LogP contribution in [0.1, 0.15) is 23.0 Å². The molecule has 2 heterocycles. The molecule has 3 aromatic rings. The fraction of sp³-hybridized carbons (Fsp3) is 0.261. The number of hydrogen-bond acceptors (Lipinski definition) is 3. The van der Waals surface area contributed by atoms with Gasteiger partial charge >= 0.3 is 0 Å². The van der Waals surface area contributed by atoms with Gasteiger partial charge in [-0.05, 0) is 36.8 Å². The molecule has 0 radical (unpaired) electrons. The number of nitrogens with zero attached hydrogens (tertiary/aromatic N) is 2. The van der Waals surface area contributed by atoms with Gasteiger partial charge in [0.25, 0.3) is 5.91 Å². The lowest BCUT2D eigenvalue weighted by molar-refractivity contribution is -0.134. The summed E-state index contributed by atoms with van der Waals surface area (Å²) in [4.78, 5) is 39.5. The molecule has 0 fully saturated rings. The van der Waals surface area contributed by atoms with E-state index >= 15 is 0 Å². The van der Waals surface area contributed by atoms with Gasteiger partial charge in [-0.25, -0.2) is 4.39 Å². The lowest BCUT2D eigenvalue weighted by atomic mass is 9.95. The molecule has 0 bridgehead atoms. The zero-order valence-corrected chi connectivity index (χ0v) is 17.3. The Balaban J connectivity index is 1.44. The molecule has 1 aromatic heterocycles. The summed E-state index contributed by atoms with van der Waals surface area (Å²) in [7, 11) is 1.59. The van der Waals surface area contributed by atoms with Gasteiger partial charge in [-0.15, -0.1) is 0 Å². The highest BCUT2D eigenvalue weighted by Gasteiger charge is 2.45. The van der Waals surface area contributed by atoms with Gasteiger partial charge in [0.2, 0.25) is 11.8 Å². The van der Waals surface area contributed by atoms with Crippen molar-refractivity contribution in [3.05, 3.63) is 71.7 Å². The Kier molecular flexibility index (Phi) is 5.22. The van der Waals surface area contributed by atoms with Crippen molar-refractivity contribution in [2.24, 2.45) is 0 Å². The summed E-state index contributed by atoms with van der Waals surface area (Å²) in [6, 6.07) is 15.4. The van der Waals surface area contributed by atoms with E-state index in [1.165, 1.54) is 17.0 Å². The standard InChI is InChI=1S/C23H23FN4O3/c1-23(22(31)26-13-20(29)25-12-15-6-5-8-17(24)10-15)14-28-18-9-4-3-7-16(18)11-19(28)21(30)27(23)2/h3-11H,12-14H2,1-2H3,(H,25,29)(H,26,31). The third-order valence-corrected chi connectivity index (χ3v) is 5.82. The quantitative estimate of drug-likeness (QED) is 0.660. The molecule has 0 aliphatic carbocycles. The summed E-state index contributed by atoms with van der Waals surface area (Å²) >= 11 is 0. The van der Waals surface area contributed by atoms with Crippen LogP contribution >= 0.6 is 0 Å². The van der Waals surface area contributed by atoms with E-state index in [0.717, 1.165) is 10.9 Å². The van der Waals surface area contributed by atoms with Crippen molar-refractivity contribution in [2.45, 2.75) is 25.6 Å². The van der Waals surface area contributed by atoms with Crippen molar-refractivity contribution in [1.82, 2.24) is 20.1 Å². The summed E-state index contributed by atoms with van der Waals surface area (Å²) in [6.07, 6.45) is 0. The van der Waals surface area contributed by atoms with Gasteiger partial charge < -0.3 is 20.1 Å². The summed E-state index contributed by atoms with van der Waals surface area (Å²) in [5.41, 5.74) is 0.873. The van der Waals surface area contributed by atoms with Crippen LogP contribution in [0.15, 0.2) is 54.6 Å². The number of aromatic nitrogens is 1. The molecule has 0 saturated heterocycles. The van der Waals surface area contributed by atoms with Crippen molar-refractivity contribution in [1.29, 1.82) is 0 Å².